The zero-order valence-electron chi connectivity index (χ0n) is 11.4. The molecule has 1 aromatic heterocycles. The van der Waals surface area contributed by atoms with Crippen molar-refractivity contribution in [1.29, 1.82) is 0 Å². The minimum Gasteiger partial charge on any atom is -0.475 e. The largest absolute Gasteiger partial charge is 0.475 e. The number of aromatic carboxylic acids is 1. The maximum absolute atomic E-state index is 11.2. The Morgan fingerprint density at radius 1 is 1.47 bits per heavy atom. The fourth-order valence-electron chi connectivity index (χ4n) is 3.66. The van der Waals surface area contributed by atoms with Gasteiger partial charge in [-0.25, -0.2) is 4.79 Å². The smallest absolute Gasteiger partial charge is 0.372 e. The van der Waals surface area contributed by atoms with Crippen LogP contribution in [-0.4, -0.2) is 16.2 Å². The molecule has 4 heteroatoms. The third kappa shape index (κ3) is 1.66. The summed E-state index contributed by atoms with van der Waals surface area (Å²) in [4.78, 5) is 11.2. The number of hydrogen-bond donors (Lipinski definition) is 2. The van der Waals surface area contributed by atoms with Gasteiger partial charge in [0, 0.05) is 17.0 Å². The summed E-state index contributed by atoms with van der Waals surface area (Å²) in [5.41, 5.74) is 3.54. The lowest BCUT2D eigenvalue weighted by Crippen LogP contribution is -2.18. The van der Waals surface area contributed by atoms with Gasteiger partial charge in [0.15, 0.2) is 0 Å². The molecule has 0 saturated heterocycles. The van der Waals surface area contributed by atoms with Gasteiger partial charge in [-0.2, -0.15) is 0 Å². The highest BCUT2D eigenvalue weighted by Gasteiger charge is 2.45. The molecule has 1 heterocycles. The summed E-state index contributed by atoms with van der Waals surface area (Å²) in [6.07, 6.45) is 2.58. The van der Waals surface area contributed by atoms with Gasteiger partial charge in [0.2, 0.25) is 5.76 Å². The van der Waals surface area contributed by atoms with Gasteiger partial charge in [0.05, 0.1) is 12.4 Å². The molecule has 102 valence electrons. The first kappa shape index (κ1) is 12.5. The van der Waals surface area contributed by atoms with E-state index in [1.807, 2.05) is 6.92 Å². The van der Waals surface area contributed by atoms with Crippen molar-refractivity contribution in [2.45, 2.75) is 39.7 Å². The lowest BCUT2D eigenvalue weighted by atomic mass is 9.79. The van der Waals surface area contributed by atoms with Crippen LogP contribution in [0.15, 0.2) is 16.3 Å². The van der Waals surface area contributed by atoms with Crippen LogP contribution in [-0.2, 0) is 0 Å². The van der Waals surface area contributed by atoms with Crippen molar-refractivity contribution in [3.05, 3.63) is 28.7 Å². The first-order valence-electron chi connectivity index (χ1n) is 6.54. The van der Waals surface area contributed by atoms with E-state index in [0.29, 0.717) is 11.1 Å². The first-order chi connectivity index (χ1) is 8.82. The highest BCUT2D eigenvalue weighted by Crippen LogP contribution is 2.56. The molecule has 3 rings (SSSR count). The molecule has 0 unspecified atom stereocenters. The van der Waals surface area contributed by atoms with Crippen LogP contribution in [0.5, 0.6) is 0 Å². The second kappa shape index (κ2) is 3.73. The van der Waals surface area contributed by atoms with Crippen molar-refractivity contribution in [2.24, 2.45) is 11.3 Å². The third-order valence-electron chi connectivity index (χ3n) is 4.46. The van der Waals surface area contributed by atoms with Crippen LogP contribution >= 0.6 is 0 Å². The Hall–Kier alpha value is -1.55. The molecule has 0 spiro atoms. The average molecular weight is 262 g/mol. The Labute approximate surface area is 111 Å². The van der Waals surface area contributed by atoms with E-state index in [2.05, 4.69) is 13.8 Å². The maximum Gasteiger partial charge on any atom is 0.372 e. The fourth-order valence-corrected chi connectivity index (χ4v) is 3.66. The van der Waals surface area contributed by atoms with E-state index >= 15 is 0 Å². The molecule has 1 aromatic rings. The van der Waals surface area contributed by atoms with Crippen molar-refractivity contribution in [1.82, 2.24) is 0 Å². The van der Waals surface area contributed by atoms with Crippen LogP contribution in [0.1, 0.15) is 61.4 Å². The topological polar surface area (TPSA) is 70.7 Å². The Kier molecular flexibility index (Phi) is 2.45. The van der Waals surface area contributed by atoms with Crippen LogP contribution in [0.3, 0.4) is 0 Å². The number of aliphatic hydroxyl groups excluding tert-OH is 1. The van der Waals surface area contributed by atoms with Gasteiger partial charge >= 0.3 is 5.97 Å². The predicted molar refractivity (Wildman–Crippen MR) is 69.7 cm³/mol. The van der Waals surface area contributed by atoms with Gasteiger partial charge in [-0.1, -0.05) is 19.4 Å². The average Bonchev–Trinajstić information content (AvgIpc) is 2.87. The van der Waals surface area contributed by atoms with Crippen molar-refractivity contribution in [2.75, 3.05) is 0 Å². The molecule has 1 fully saturated rings. The molecule has 0 aromatic carbocycles. The van der Waals surface area contributed by atoms with Gasteiger partial charge in [0.1, 0.15) is 0 Å². The number of hydrogen-bond acceptors (Lipinski definition) is 3. The van der Waals surface area contributed by atoms with Crippen LogP contribution < -0.4 is 0 Å². The lowest BCUT2D eigenvalue weighted by Gasteiger charge is -2.27. The molecule has 2 N–H and O–H groups in total. The number of aliphatic hydroxyl groups is 1. The molecule has 0 amide bonds. The van der Waals surface area contributed by atoms with Crippen LogP contribution in [0.25, 0.3) is 5.57 Å². The molecular weight excluding hydrogens is 244 g/mol. The highest BCUT2D eigenvalue weighted by molar-refractivity contribution is 5.93. The molecule has 1 saturated carbocycles. The lowest BCUT2D eigenvalue weighted by molar-refractivity contribution is 0.0662. The molecule has 0 aliphatic heterocycles. The molecule has 19 heavy (non-hydrogen) atoms. The van der Waals surface area contributed by atoms with Crippen molar-refractivity contribution in [3.8, 4) is 0 Å². The van der Waals surface area contributed by atoms with Gasteiger partial charge < -0.3 is 14.6 Å². The molecule has 2 aliphatic rings. The van der Waals surface area contributed by atoms with Crippen molar-refractivity contribution < 1.29 is 19.4 Å². The number of carbonyl (C=O) groups is 1. The summed E-state index contributed by atoms with van der Waals surface area (Å²) in [5, 5.41) is 19.7. The predicted octanol–water partition coefficient (Wildman–Crippen LogP) is 3.23. The van der Waals surface area contributed by atoms with E-state index in [-0.39, 0.29) is 17.1 Å². The second-order valence-electron chi connectivity index (χ2n) is 6.45. The van der Waals surface area contributed by atoms with Gasteiger partial charge in [-0.15, -0.1) is 0 Å². The number of allylic oxidation sites excluding steroid dienone is 1. The number of carboxylic acid groups (broad SMARTS) is 1. The Balaban J connectivity index is 2.19. The van der Waals surface area contributed by atoms with E-state index < -0.39 is 12.1 Å². The minimum absolute atomic E-state index is 0.0535. The zero-order chi connectivity index (χ0) is 13.9. The number of furan rings is 1. The summed E-state index contributed by atoms with van der Waals surface area (Å²) in [6.45, 7) is 6.31. The first-order valence-corrected chi connectivity index (χ1v) is 6.54. The quantitative estimate of drug-likeness (QED) is 0.815. The van der Waals surface area contributed by atoms with Gasteiger partial charge in [0.25, 0.3) is 0 Å². The van der Waals surface area contributed by atoms with Gasteiger partial charge in [-0.05, 0) is 30.8 Å². The molecule has 2 aliphatic carbocycles. The maximum atomic E-state index is 11.2. The van der Waals surface area contributed by atoms with E-state index in [4.69, 9.17) is 4.42 Å². The van der Waals surface area contributed by atoms with Crippen molar-refractivity contribution in [3.63, 3.8) is 0 Å². The molecule has 0 radical (unpaired) electrons. The van der Waals surface area contributed by atoms with E-state index in [0.717, 1.165) is 18.4 Å². The Bertz CT molecular complexity index is 591. The molecule has 0 bridgehead atoms. The van der Waals surface area contributed by atoms with Crippen LogP contribution in [0.4, 0.5) is 0 Å². The molecule has 2 atom stereocenters. The van der Waals surface area contributed by atoms with Crippen molar-refractivity contribution >= 4 is 11.5 Å². The minimum atomic E-state index is -1.08. The normalized spacial score (nSPS) is 28.2. The zero-order valence-corrected chi connectivity index (χ0v) is 11.4. The fraction of sp³-hybridized carbons (Fsp3) is 0.533. The number of fused-ring (bicyclic) bond motifs is 2. The van der Waals surface area contributed by atoms with E-state index in [1.54, 1.807) is 0 Å². The molecular formula is C15H18O4. The summed E-state index contributed by atoms with van der Waals surface area (Å²) < 4.78 is 5.14. The van der Waals surface area contributed by atoms with Gasteiger partial charge in [-0.3, -0.25) is 0 Å². The van der Waals surface area contributed by atoms with E-state index in [1.165, 1.54) is 11.8 Å². The molecule has 4 nitrogen and oxygen atoms in total. The Morgan fingerprint density at radius 3 is 2.79 bits per heavy atom. The number of carboxylic acids is 1. The monoisotopic (exact) mass is 262 g/mol. The number of rotatable bonds is 1. The standard InChI is InChI=1S/C15H18O4/c1-7-8-4-15(2,3)5-9(8)12(16)10-6-19-13(11(7)10)14(17)18/h6,9,12,16H,4-5H2,1-3H3,(H,17,18)/t9-,12+/m1/s1. The van der Waals surface area contributed by atoms with E-state index in [9.17, 15) is 15.0 Å². The Morgan fingerprint density at radius 2 is 2.16 bits per heavy atom. The van der Waals surface area contributed by atoms with Crippen LogP contribution in [0, 0.1) is 11.3 Å². The van der Waals surface area contributed by atoms with Crippen LogP contribution in [0.2, 0.25) is 0 Å². The third-order valence-corrected chi connectivity index (χ3v) is 4.46. The second-order valence-corrected chi connectivity index (χ2v) is 6.45. The SMILES string of the molecule is CC1=C2CC(C)(C)C[C@H]2[C@H](O)c2coc(C(=O)O)c21. The summed E-state index contributed by atoms with van der Waals surface area (Å²) in [7, 11) is 0. The summed E-state index contributed by atoms with van der Waals surface area (Å²) in [5.74, 6) is -1.03. The highest BCUT2D eigenvalue weighted by atomic mass is 16.4. The summed E-state index contributed by atoms with van der Waals surface area (Å²) in [6, 6.07) is 0. The summed E-state index contributed by atoms with van der Waals surface area (Å²) >= 11 is 0.